The maximum atomic E-state index is 12.8. The highest BCUT2D eigenvalue weighted by Gasteiger charge is 2.31. The molecule has 4 nitrogen and oxygen atoms in total. The molecule has 5 heteroatoms. The molecule has 0 spiro atoms. The molecule has 1 saturated carbocycles. The first kappa shape index (κ1) is 12.8. The maximum absolute atomic E-state index is 12.8. The van der Waals surface area contributed by atoms with E-state index in [1.807, 2.05) is 0 Å². The van der Waals surface area contributed by atoms with E-state index in [0.29, 0.717) is 12.8 Å². The molecule has 1 fully saturated rings. The molecular weight excluding hydrogens is 237 g/mol. The number of aliphatic hydroxyl groups is 1. The van der Waals surface area contributed by atoms with E-state index in [9.17, 15) is 19.4 Å². The summed E-state index contributed by atoms with van der Waals surface area (Å²) in [6.45, 7) is 0.155. The summed E-state index contributed by atoms with van der Waals surface area (Å²) in [5.74, 6) is -1.50. The highest BCUT2D eigenvalue weighted by Crippen LogP contribution is 2.28. The number of aromatic hydroxyl groups is 1. The number of rotatable bonds is 3. The van der Waals surface area contributed by atoms with Crippen LogP contribution in [0.1, 0.15) is 36.0 Å². The minimum atomic E-state index is -0.842. The van der Waals surface area contributed by atoms with E-state index in [1.54, 1.807) is 0 Å². The first-order chi connectivity index (χ1) is 8.50. The molecule has 0 atom stereocenters. The van der Waals surface area contributed by atoms with Crippen molar-refractivity contribution < 1.29 is 19.4 Å². The lowest BCUT2D eigenvalue weighted by atomic mass is 10.0. The highest BCUT2D eigenvalue weighted by molar-refractivity contribution is 5.96. The summed E-state index contributed by atoms with van der Waals surface area (Å²) >= 11 is 0. The fourth-order valence-electron chi connectivity index (χ4n) is 2.25. The van der Waals surface area contributed by atoms with Gasteiger partial charge in [-0.3, -0.25) is 4.79 Å². The molecule has 18 heavy (non-hydrogen) atoms. The molecule has 1 amide bonds. The first-order valence-corrected chi connectivity index (χ1v) is 5.99. The molecule has 98 valence electrons. The number of phenolic OH excluding ortho intramolecular Hbond substituents is 1. The largest absolute Gasteiger partial charge is 0.507 e. The zero-order chi connectivity index (χ0) is 13.2. The van der Waals surface area contributed by atoms with E-state index in [1.165, 1.54) is 6.07 Å². The third-order valence-corrected chi connectivity index (χ3v) is 3.32. The predicted molar refractivity (Wildman–Crippen MR) is 63.8 cm³/mol. The van der Waals surface area contributed by atoms with E-state index >= 15 is 0 Å². The number of nitrogens with one attached hydrogen (secondary N) is 1. The molecule has 0 radical (unpaired) electrons. The van der Waals surface area contributed by atoms with Crippen molar-refractivity contribution in [2.75, 3.05) is 6.54 Å². The molecule has 0 bridgehead atoms. The number of amides is 1. The average molecular weight is 253 g/mol. The number of halogens is 1. The summed E-state index contributed by atoms with van der Waals surface area (Å²) in [5, 5.41) is 22.1. The van der Waals surface area contributed by atoms with Crippen LogP contribution in [-0.4, -0.2) is 28.3 Å². The molecule has 3 N–H and O–H groups in total. The van der Waals surface area contributed by atoms with Crippen molar-refractivity contribution in [3.05, 3.63) is 29.6 Å². The van der Waals surface area contributed by atoms with Crippen LogP contribution in [-0.2, 0) is 0 Å². The van der Waals surface area contributed by atoms with Crippen LogP contribution in [0.5, 0.6) is 5.75 Å². The zero-order valence-electron chi connectivity index (χ0n) is 9.95. The Balaban J connectivity index is 1.99. The summed E-state index contributed by atoms with van der Waals surface area (Å²) in [7, 11) is 0. The minimum absolute atomic E-state index is 0.0120. The monoisotopic (exact) mass is 253 g/mol. The summed E-state index contributed by atoms with van der Waals surface area (Å²) in [4.78, 5) is 11.8. The molecule has 2 rings (SSSR count). The predicted octanol–water partition coefficient (Wildman–Crippen LogP) is 1.57. The second kappa shape index (κ2) is 4.94. The Morgan fingerprint density at radius 3 is 2.67 bits per heavy atom. The maximum Gasteiger partial charge on any atom is 0.255 e. The van der Waals surface area contributed by atoms with Gasteiger partial charge in [0.25, 0.3) is 5.91 Å². The SMILES string of the molecule is O=C(NCC1(O)CCCC1)c1ccc(F)cc1O. The number of carbonyl (C=O) groups is 1. The number of carbonyl (C=O) groups excluding carboxylic acids is 1. The lowest BCUT2D eigenvalue weighted by Crippen LogP contribution is -2.40. The van der Waals surface area contributed by atoms with E-state index in [0.717, 1.165) is 25.0 Å². The van der Waals surface area contributed by atoms with Gasteiger partial charge < -0.3 is 15.5 Å². The normalized spacial score (nSPS) is 17.7. The Kier molecular flexibility index (Phi) is 3.52. The van der Waals surface area contributed by atoms with Crippen LogP contribution >= 0.6 is 0 Å². The van der Waals surface area contributed by atoms with Crippen LogP contribution in [0.15, 0.2) is 18.2 Å². The highest BCUT2D eigenvalue weighted by atomic mass is 19.1. The fourth-order valence-corrected chi connectivity index (χ4v) is 2.25. The number of hydrogen-bond acceptors (Lipinski definition) is 3. The van der Waals surface area contributed by atoms with Crippen molar-refractivity contribution in [3.8, 4) is 5.75 Å². The second-order valence-corrected chi connectivity index (χ2v) is 4.78. The molecule has 1 aliphatic rings. The third kappa shape index (κ3) is 2.79. The van der Waals surface area contributed by atoms with Crippen molar-refractivity contribution in [1.82, 2.24) is 5.32 Å². The molecule has 0 heterocycles. The number of hydrogen-bond donors (Lipinski definition) is 3. The van der Waals surface area contributed by atoms with Gasteiger partial charge in [-0.25, -0.2) is 4.39 Å². The van der Waals surface area contributed by atoms with Crippen LogP contribution in [0.3, 0.4) is 0 Å². The molecule has 0 aliphatic heterocycles. The smallest absolute Gasteiger partial charge is 0.255 e. The standard InChI is InChI=1S/C13H16FNO3/c14-9-3-4-10(11(16)7-9)12(17)15-8-13(18)5-1-2-6-13/h3-4,7,16,18H,1-2,5-6,8H2,(H,15,17). The lowest BCUT2D eigenvalue weighted by molar-refractivity contribution is 0.0449. The van der Waals surface area contributed by atoms with Gasteiger partial charge in [0.1, 0.15) is 11.6 Å². The Morgan fingerprint density at radius 2 is 2.06 bits per heavy atom. The van der Waals surface area contributed by atoms with Gasteiger partial charge in [0.15, 0.2) is 0 Å². The van der Waals surface area contributed by atoms with Crippen LogP contribution in [0.25, 0.3) is 0 Å². The van der Waals surface area contributed by atoms with Gasteiger partial charge in [-0.15, -0.1) is 0 Å². The van der Waals surface area contributed by atoms with Gasteiger partial charge >= 0.3 is 0 Å². The number of benzene rings is 1. The van der Waals surface area contributed by atoms with Crippen molar-refractivity contribution in [2.24, 2.45) is 0 Å². The Labute approximate surface area is 104 Å². The van der Waals surface area contributed by atoms with E-state index in [2.05, 4.69) is 5.32 Å². The third-order valence-electron chi connectivity index (χ3n) is 3.32. The fraction of sp³-hybridized carbons (Fsp3) is 0.462. The molecule has 1 aliphatic carbocycles. The molecule has 0 unspecified atom stereocenters. The van der Waals surface area contributed by atoms with Gasteiger partial charge in [-0.05, 0) is 25.0 Å². The molecular formula is C13H16FNO3. The van der Waals surface area contributed by atoms with Crippen molar-refractivity contribution >= 4 is 5.91 Å². The summed E-state index contributed by atoms with van der Waals surface area (Å²) in [6.07, 6.45) is 3.24. The molecule has 1 aromatic carbocycles. The summed E-state index contributed by atoms with van der Waals surface area (Å²) < 4.78 is 12.8. The van der Waals surface area contributed by atoms with Gasteiger partial charge in [0, 0.05) is 12.6 Å². The van der Waals surface area contributed by atoms with Crippen molar-refractivity contribution in [2.45, 2.75) is 31.3 Å². The van der Waals surface area contributed by atoms with Gasteiger partial charge in [-0.2, -0.15) is 0 Å². The summed E-state index contributed by atoms with van der Waals surface area (Å²) in [6, 6.07) is 3.22. The first-order valence-electron chi connectivity index (χ1n) is 5.99. The lowest BCUT2D eigenvalue weighted by Gasteiger charge is -2.22. The van der Waals surface area contributed by atoms with Crippen LogP contribution in [0, 0.1) is 5.82 Å². The quantitative estimate of drug-likeness (QED) is 0.765. The van der Waals surface area contributed by atoms with Crippen molar-refractivity contribution in [3.63, 3.8) is 0 Å². The Hall–Kier alpha value is -1.62. The molecule has 1 aromatic rings. The van der Waals surface area contributed by atoms with E-state index in [4.69, 9.17) is 0 Å². The van der Waals surface area contributed by atoms with E-state index in [-0.39, 0.29) is 12.1 Å². The van der Waals surface area contributed by atoms with Crippen LogP contribution in [0.4, 0.5) is 4.39 Å². The average Bonchev–Trinajstić information content (AvgIpc) is 2.74. The van der Waals surface area contributed by atoms with Gasteiger partial charge in [0.2, 0.25) is 0 Å². The van der Waals surface area contributed by atoms with Gasteiger partial charge in [0.05, 0.1) is 11.2 Å². The zero-order valence-corrected chi connectivity index (χ0v) is 9.95. The topological polar surface area (TPSA) is 69.6 Å². The van der Waals surface area contributed by atoms with E-state index < -0.39 is 23.1 Å². The second-order valence-electron chi connectivity index (χ2n) is 4.78. The summed E-state index contributed by atoms with van der Waals surface area (Å²) in [5.41, 5.74) is -0.830. The van der Waals surface area contributed by atoms with Crippen LogP contribution in [0.2, 0.25) is 0 Å². The molecule has 0 aromatic heterocycles. The van der Waals surface area contributed by atoms with Crippen molar-refractivity contribution in [1.29, 1.82) is 0 Å². The number of phenols is 1. The Bertz CT molecular complexity index is 456. The Morgan fingerprint density at radius 1 is 1.39 bits per heavy atom. The van der Waals surface area contributed by atoms with Gasteiger partial charge in [-0.1, -0.05) is 12.8 Å². The minimum Gasteiger partial charge on any atom is -0.507 e. The van der Waals surface area contributed by atoms with Crippen LogP contribution < -0.4 is 5.32 Å². The molecule has 0 saturated heterocycles.